The number of hydrogen-bond acceptors (Lipinski definition) is 2. The minimum atomic E-state index is 0.702. The van der Waals surface area contributed by atoms with Crippen LogP contribution in [-0.4, -0.2) is 36.1 Å². The van der Waals surface area contributed by atoms with Crippen molar-refractivity contribution in [2.75, 3.05) is 13.1 Å². The van der Waals surface area contributed by atoms with Crippen molar-refractivity contribution in [1.29, 1.82) is 0 Å². The molecule has 2 aliphatic rings. The first kappa shape index (κ1) is 17.3. The molecule has 0 aromatic heterocycles. The summed E-state index contributed by atoms with van der Waals surface area (Å²) >= 11 is 0. The molecule has 1 saturated heterocycles. The molecule has 124 valence electrons. The van der Waals surface area contributed by atoms with Gasteiger partial charge in [0.1, 0.15) is 0 Å². The number of nitrogens with one attached hydrogen (secondary N) is 1. The zero-order chi connectivity index (χ0) is 15.6. The van der Waals surface area contributed by atoms with Gasteiger partial charge in [0.25, 0.3) is 0 Å². The van der Waals surface area contributed by atoms with E-state index in [9.17, 15) is 0 Å². The van der Waals surface area contributed by atoms with Crippen LogP contribution in [0.2, 0.25) is 0 Å². The first-order valence-electron chi connectivity index (χ1n) is 9.43. The van der Waals surface area contributed by atoms with Crippen molar-refractivity contribution in [2.45, 2.75) is 85.4 Å². The van der Waals surface area contributed by atoms with Crippen LogP contribution in [0.15, 0.2) is 0 Å². The highest BCUT2D eigenvalue weighted by atomic mass is 15.3. The van der Waals surface area contributed by atoms with Crippen molar-refractivity contribution in [3.63, 3.8) is 0 Å². The van der Waals surface area contributed by atoms with Gasteiger partial charge in [-0.15, -0.1) is 0 Å². The Kier molecular flexibility index (Phi) is 6.14. The average molecular weight is 295 g/mol. The van der Waals surface area contributed by atoms with E-state index in [4.69, 9.17) is 0 Å². The Balaban J connectivity index is 2.07. The normalized spacial score (nSPS) is 38.6. The molecule has 0 aromatic rings. The minimum Gasteiger partial charge on any atom is -0.311 e. The second-order valence-corrected chi connectivity index (χ2v) is 8.42. The Morgan fingerprint density at radius 3 is 2.38 bits per heavy atom. The van der Waals surface area contributed by atoms with Gasteiger partial charge < -0.3 is 5.32 Å². The lowest BCUT2D eigenvalue weighted by Gasteiger charge is -2.47. The van der Waals surface area contributed by atoms with Gasteiger partial charge >= 0.3 is 0 Å². The third-order valence-electron chi connectivity index (χ3n) is 6.13. The maximum absolute atomic E-state index is 3.83. The first-order valence-corrected chi connectivity index (χ1v) is 9.43. The molecule has 1 saturated carbocycles. The van der Waals surface area contributed by atoms with Gasteiger partial charge in [0.05, 0.1) is 0 Å². The summed E-state index contributed by atoms with van der Waals surface area (Å²) in [6.07, 6.45) is 5.56. The standard InChI is InChI=1S/C19H38N2/c1-7-16-8-9-18(15(16)6)21-12-17(10-13(2)3)20-11-19(21)14(4)5/h13-20H,7-12H2,1-6H3. The highest BCUT2D eigenvalue weighted by molar-refractivity contribution is 4.96. The summed E-state index contributed by atoms with van der Waals surface area (Å²) in [7, 11) is 0. The van der Waals surface area contributed by atoms with Crippen LogP contribution in [0, 0.1) is 23.7 Å². The number of hydrogen-bond donors (Lipinski definition) is 1. The predicted molar refractivity (Wildman–Crippen MR) is 92.5 cm³/mol. The summed E-state index contributed by atoms with van der Waals surface area (Å²) in [4.78, 5) is 2.91. The van der Waals surface area contributed by atoms with Crippen LogP contribution < -0.4 is 5.32 Å². The Morgan fingerprint density at radius 1 is 1.14 bits per heavy atom. The minimum absolute atomic E-state index is 0.702. The molecule has 5 atom stereocenters. The van der Waals surface area contributed by atoms with E-state index in [1.165, 1.54) is 38.8 Å². The highest BCUT2D eigenvalue weighted by Crippen LogP contribution is 2.39. The van der Waals surface area contributed by atoms with Crippen molar-refractivity contribution < 1.29 is 0 Å². The van der Waals surface area contributed by atoms with Crippen LogP contribution in [0.3, 0.4) is 0 Å². The molecular weight excluding hydrogens is 256 g/mol. The van der Waals surface area contributed by atoms with Crippen LogP contribution in [0.4, 0.5) is 0 Å². The second kappa shape index (κ2) is 7.46. The van der Waals surface area contributed by atoms with Gasteiger partial charge in [-0.2, -0.15) is 0 Å². The van der Waals surface area contributed by atoms with E-state index in [1.807, 2.05) is 0 Å². The number of nitrogens with zero attached hydrogens (tertiary/aromatic N) is 1. The molecule has 1 heterocycles. The molecule has 0 bridgehead atoms. The largest absolute Gasteiger partial charge is 0.311 e. The van der Waals surface area contributed by atoms with Gasteiger partial charge in [-0.1, -0.05) is 48.0 Å². The lowest BCUT2D eigenvalue weighted by atomic mass is 9.88. The highest BCUT2D eigenvalue weighted by Gasteiger charge is 2.41. The molecule has 2 rings (SSSR count). The lowest BCUT2D eigenvalue weighted by molar-refractivity contribution is 0.0337. The third-order valence-corrected chi connectivity index (χ3v) is 6.13. The molecule has 0 spiro atoms. The van der Waals surface area contributed by atoms with Gasteiger partial charge in [-0.3, -0.25) is 4.90 Å². The third kappa shape index (κ3) is 4.01. The Morgan fingerprint density at radius 2 is 1.86 bits per heavy atom. The fourth-order valence-electron chi connectivity index (χ4n) is 4.85. The second-order valence-electron chi connectivity index (χ2n) is 8.42. The smallest absolute Gasteiger partial charge is 0.0247 e. The predicted octanol–water partition coefficient (Wildman–Crippen LogP) is 4.16. The van der Waals surface area contributed by atoms with Gasteiger partial charge in [0.2, 0.25) is 0 Å². The van der Waals surface area contributed by atoms with Crippen molar-refractivity contribution in [1.82, 2.24) is 10.2 Å². The zero-order valence-corrected chi connectivity index (χ0v) is 15.2. The summed E-state index contributed by atoms with van der Waals surface area (Å²) in [5, 5.41) is 3.83. The summed E-state index contributed by atoms with van der Waals surface area (Å²) in [5.41, 5.74) is 0. The quantitative estimate of drug-likeness (QED) is 0.819. The lowest BCUT2D eigenvalue weighted by Crippen LogP contribution is -2.61. The van der Waals surface area contributed by atoms with Crippen LogP contribution in [-0.2, 0) is 0 Å². The first-order chi connectivity index (χ1) is 9.93. The summed E-state index contributed by atoms with van der Waals surface area (Å²) in [6.45, 7) is 16.9. The number of piperazine rings is 1. The molecule has 1 aliphatic carbocycles. The Labute approximate surface area is 133 Å². The molecule has 5 unspecified atom stereocenters. The van der Waals surface area contributed by atoms with E-state index < -0.39 is 0 Å². The average Bonchev–Trinajstić information content (AvgIpc) is 2.78. The summed E-state index contributed by atoms with van der Waals surface area (Å²) < 4.78 is 0. The number of rotatable bonds is 5. The van der Waals surface area contributed by atoms with Gasteiger partial charge in [-0.05, 0) is 42.9 Å². The Hall–Kier alpha value is -0.0800. The molecule has 0 aromatic carbocycles. The molecule has 2 fully saturated rings. The van der Waals surface area contributed by atoms with Crippen LogP contribution in [0.5, 0.6) is 0 Å². The fraction of sp³-hybridized carbons (Fsp3) is 1.00. The van der Waals surface area contributed by atoms with Crippen molar-refractivity contribution in [3.8, 4) is 0 Å². The molecule has 21 heavy (non-hydrogen) atoms. The maximum atomic E-state index is 3.83. The van der Waals surface area contributed by atoms with Gasteiger partial charge in [-0.25, -0.2) is 0 Å². The topological polar surface area (TPSA) is 15.3 Å². The molecule has 0 amide bonds. The molecule has 1 aliphatic heterocycles. The van der Waals surface area contributed by atoms with Crippen molar-refractivity contribution in [3.05, 3.63) is 0 Å². The summed E-state index contributed by atoms with van der Waals surface area (Å²) in [6, 6.07) is 2.27. The van der Waals surface area contributed by atoms with Gasteiger partial charge in [0, 0.05) is 31.2 Å². The van der Waals surface area contributed by atoms with Crippen molar-refractivity contribution >= 4 is 0 Å². The molecule has 2 heteroatoms. The van der Waals surface area contributed by atoms with E-state index in [-0.39, 0.29) is 0 Å². The van der Waals surface area contributed by atoms with Crippen LogP contribution >= 0.6 is 0 Å². The van der Waals surface area contributed by atoms with E-state index in [0.717, 1.165) is 35.8 Å². The molecular formula is C19H38N2. The molecule has 2 nitrogen and oxygen atoms in total. The zero-order valence-electron chi connectivity index (χ0n) is 15.2. The van der Waals surface area contributed by atoms with Crippen LogP contribution in [0.1, 0.15) is 67.2 Å². The van der Waals surface area contributed by atoms with Gasteiger partial charge in [0.15, 0.2) is 0 Å². The molecule has 0 radical (unpaired) electrons. The summed E-state index contributed by atoms with van der Waals surface area (Å²) in [5.74, 6) is 3.39. The van der Waals surface area contributed by atoms with E-state index in [1.54, 1.807) is 0 Å². The van der Waals surface area contributed by atoms with E-state index >= 15 is 0 Å². The van der Waals surface area contributed by atoms with E-state index in [2.05, 4.69) is 51.8 Å². The fourth-order valence-corrected chi connectivity index (χ4v) is 4.85. The molecule has 1 N–H and O–H groups in total. The maximum Gasteiger partial charge on any atom is 0.0247 e. The SMILES string of the molecule is CCC1CCC(N2CC(CC(C)C)NCC2C(C)C)C1C. The van der Waals surface area contributed by atoms with E-state index in [0.29, 0.717) is 6.04 Å². The Bertz CT molecular complexity index is 313. The monoisotopic (exact) mass is 294 g/mol. The van der Waals surface area contributed by atoms with Crippen LogP contribution in [0.25, 0.3) is 0 Å². The van der Waals surface area contributed by atoms with Crippen molar-refractivity contribution in [2.24, 2.45) is 23.7 Å².